The van der Waals surface area contributed by atoms with E-state index in [-0.39, 0.29) is 12.2 Å². The van der Waals surface area contributed by atoms with E-state index in [1.165, 1.54) is 7.11 Å². The van der Waals surface area contributed by atoms with Crippen molar-refractivity contribution in [2.45, 2.75) is 38.8 Å². The molecule has 1 rings (SSSR count). The molecule has 1 saturated heterocycles. The molecule has 4 nitrogen and oxygen atoms in total. The van der Waals surface area contributed by atoms with E-state index < -0.39 is 11.8 Å². The van der Waals surface area contributed by atoms with Crippen molar-refractivity contribution in [1.29, 1.82) is 0 Å². The van der Waals surface area contributed by atoms with Crippen LogP contribution < -0.4 is 0 Å². The van der Waals surface area contributed by atoms with Gasteiger partial charge in [-0.15, -0.1) is 0 Å². The van der Waals surface area contributed by atoms with Crippen LogP contribution in [0.3, 0.4) is 0 Å². The van der Waals surface area contributed by atoms with Gasteiger partial charge in [-0.3, -0.25) is 0 Å². The van der Waals surface area contributed by atoms with Gasteiger partial charge in [0.25, 0.3) is 5.79 Å². The Kier molecular flexibility index (Phi) is 2.39. The highest BCUT2D eigenvalue weighted by Gasteiger charge is 2.47. The lowest BCUT2D eigenvalue weighted by atomic mass is 10.3. The number of ether oxygens (including phenoxy) is 3. The lowest BCUT2D eigenvalue weighted by molar-refractivity contribution is -0.204. The van der Waals surface area contributed by atoms with Crippen LogP contribution in [-0.4, -0.2) is 31.1 Å². The van der Waals surface area contributed by atoms with Gasteiger partial charge in [-0.1, -0.05) is 0 Å². The van der Waals surface area contributed by atoms with Crippen LogP contribution in [0.2, 0.25) is 0 Å². The molecule has 1 heterocycles. The Morgan fingerprint density at radius 1 is 1.33 bits per heavy atom. The van der Waals surface area contributed by atoms with Gasteiger partial charge in [0.15, 0.2) is 0 Å². The van der Waals surface area contributed by atoms with Gasteiger partial charge < -0.3 is 14.2 Å². The van der Waals surface area contributed by atoms with Gasteiger partial charge in [-0.05, 0) is 13.8 Å². The zero-order chi connectivity index (χ0) is 9.35. The smallest absolute Gasteiger partial charge is 0.366 e. The summed E-state index contributed by atoms with van der Waals surface area (Å²) in [4.78, 5) is 11.2. The molecular formula is C8H14O4. The largest absolute Gasteiger partial charge is 0.465 e. The minimum atomic E-state index is -1.21. The molecule has 0 spiro atoms. The molecule has 0 aromatic carbocycles. The molecule has 70 valence electrons. The summed E-state index contributed by atoms with van der Waals surface area (Å²) < 4.78 is 15.2. The molecular weight excluding hydrogens is 160 g/mol. The lowest BCUT2D eigenvalue weighted by Gasteiger charge is -2.19. The first kappa shape index (κ1) is 9.48. The van der Waals surface area contributed by atoms with Crippen molar-refractivity contribution in [3.8, 4) is 0 Å². The molecule has 2 unspecified atom stereocenters. The summed E-state index contributed by atoms with van der Waals surface area (Å²) in [6.45, 7) is 5.29. The SMILES string of the molecule is COC(=O)C1(C)OC(C)C(C)O1. The Bertz CT molecular complexity index is 179. The van der Waals surface area contributed by atoms with Gasteiger partial charge in [0, 0.05) is 6.92 Å². The van der Waals surface area contributed by atoms with E-state index in [2.05, 4.69) is 4.74 Å². The van der Waals surface area contributed by atoms with Gasteiger partial charge >= 0.3 is 5.97 Å². The second-order valence-corrected chi connectivity index (χ2v) is 3.08. The van der Waals surface area contributed by atoms with Crippen molar-refractivity contribution < 1.29 is 19.0 Å². The molecule has 0 aromatic rings. The highest BCUT2D eigenvalue weighted by Crippen LogP contribution is 2.28. The van der Waals surface area contributed by atoms with Crippen LogP contribution in [0, 0.1) is 0 Å². The maximum absolute atomic E-state index is 11.2. The number of hydrogen-bond acceptors (Lipinski definition) is 4. The second kappa shape index (κ2) is 3.03. The zero-order valence-corrected chi connectivity index (χ0v) is 7.79. The number of methoxy groups -OCH3 is 1. The van der Waals surface area contributed by atoms with Crippen LogP contribution in [0.1, 0.15) is 20.8 Å². The average Bonchev–Trinajstić information content (AvgIpc) is 2.26. The number of rotatable bonds is 1. The summed E-state index contributed by atoms with van der Waals surface area (Å²) in [6.07, 6.45) is -0.150. The Hall–Kier alpha value is -0.610. The fraction of sp³-hybridized carbons (Fsp3) is 0.875. The number of carbonyl (C=O) groups excluding carboxylic acids is 1. The minimum Gasteiger partial charge on any atom is -0.465 e. The number of esters is 1. The topological polar surface area (TPSA) is 44.8 Å². The van der Waals surface area contributed by atoms with Gasteiger partial charge in [0.05, 0.1) is 19.3 Å². The third-order valence-corrected chi connectivity index (χ3v) is 2.04. The maximum atomic E-state index is 11.2. The summed E-state index contributed by atoms with van der Waals surface area (Å²) in [7, 11) is 1.31. The molecule has 0 bridgehead atoms. The Morgan fingerprint density at radius 2 is 1.75 bits per heavy atom. The Labute approximate surface area is 71.8 Å². The van der Waals surface area contributed by atoms with E-state index in [4.69, 9.17) is 9.47 Å². The molecule has 2 atom stereocenters. The van der Waals surface area contributed by atoms with Crippen LogP contribution in [0.5, 0.6) is 0 Å². The normalized spacial score (nSPS) is 41.3. The predicted octanol–water partition coefficient (Wildman–Crippen LogP) is 0.699. The molecule has 1 fully saturated rings. The molecule has 12 heavy (non-hydrogen) atoms. The molecule has 0 amide bonds. The van der Waals surface area contributed by atoms with Gasteiger partial charge in [0.1, 0.15) is 0 Å². The van der Waals surface area contributed by atoms with E-state index >= 15 is 0 Å². The zero-order valence-electron chi connectivity index (χ0n) is 7.79. The Morgan fingerprint density at radius 3 is 2.08 bits per heavy atom. The quantitative estimate of drug-likeness (QED) is 0.549. The molecule has 1 aliphatic heterocycles. The van der Waals surface area contributed by atoms with Crippen molar-refractivity contribution >= 4 is 5.97 Å². The van der Waals surface area contributed by atoms with Crippen LogP contribution in [0.4, 0.5) is 0 Å². The van der Waals surface area contributed by atoms with Crippen molar-refractivity contribution in [2.75, 3.05) is 7.11 Å². The van der Waals surface area contributed by atoms with Crippen LogP contribution in [0.25, 0.3) is 0 Å². The molecule has 0 aromatic heterocycles. The standard InChI is InChI=1S/C8H14O4/c1-5-6(2)12-8(3,11-5)7(9)10-4/h5-6H,1-4H3. The fourth-order valence-corrected chi connectivity index (χ4v) is 1.21. The molecule has 0 aliphatic carbocycles. The highest BCUT2D eigenvalue weighted by molar-refractivity contribution is 5.77. The number of hydrogen-bond donors (Lipinski definition) is 0. The van der Waals surface area contributed by atoms with E-state index in [0.717, 1.165) is 0 Å². The van der Waals surface area contributed by atoms with E-state index in [1.807, 2.05) is 13.8 Å². The molecule has 0 saturated carbocycles. The van der Waals surface area contributed by atoms with E-state index in [1.54, 1.807) is 6.92 Å². The third-order valence-electron chi connectivity index (χ3n) is 2.04. The molecule has 4 heteroatoms. The molecule has 0 radical (unpaired) electrons. The minimum absolute atomic E-state index is 0.0749. The third kappa shape index (κ3) is 1.44. The van der Waals surface area contributed by atoms with Crippen molar-refractivity contribution in [1.82, 2.24) is 0 Å². The van der Waals surface area contributed by atoms with Gasteiger partial charge in [-0.25, -0.2) is 4.79 Å². The molecule has 0 N–H and O–H groups in total. The highest BCUT2D eigenvalue weighted by atomic mass is 16.8. The maximum Gasteiger partial charge on any atom is 0.366 e. The van der Waals surface area contributed by atoms with E-state index in [0.29, 0.717) is 0 Å². The second-order valence-electron chi connectivity index (χ2n) is 3.08. The summed E-state index contributed by atoms with van der Waals surface area (Å²) in [5.74, 6) is -1.70. The predicted molar refractivity (Wildman–Crippen MR) is 41.5 cm³/mol. The summed E-state index contributed by atoms with van der Waals surface area (Å²) in [5.41, 5.74) is 0. The van der Waals surface area contributed by atoms with Crippen LogP contribution in [-0.2, 0) is 19.0 Å². The van der Waals surface area contributed by atoms with Gasteiger partial charge in [0.2, 0.25) is 0 Å². The first-order valence-corrected chi connectivity index (χ1v) is 3.93. The van der Waals surface area contributed by atoms with Crippen LogP contribution >= 0.6 is 0 Å². The monoisotopic (exact) mass is 174 g/mol. The summed E-state index contributed by atoms with van der Waals surface area (Å²) in [5, 5.41) is 0. The average molecular weight is 174 g/mol. The van der Waals surface area contributed by atoms with Crippen LogP contribution in [0.15, 0.2) is 0 Å². The fourth-order valence-electron chi connectivity index (χ4n) is 1.21. The summed E-state index contributed by atoms with van der Waals surface area (Å²) in [6, 6.07) is 0. The van der Waals surface area contributed by atoms with E-state index in [9.17, 15) is 4.79 Å². The molecule has 1 aliphatic rings. The first-order valence-electron chi connectivity index (χ1n) is 3.93. The Balaban J connectivity index is 2.69. The first-order chi connectivity index (χ1) is 5.49. The summed E-state index contributed by atoms with van der Waals surface area (Å²) >= 11 is 0. The van der Waals surface area contributed by atoms with Gasteiger partial charge in [-0.2, -0.15) is 0 Å². The number of carbonyl (C=O) groups is 1. The lowest BCUT2D eigenvalue weighted by Crippen LogP contribution is -2.38. The van der Waals surface area contributed by atoms with Crippen molar-refractivity contribution in [3.05, 3.63) is 0 Å². The van der Waals surface area contributed by atoms with Crippen molar-refractivity contribution in [3.63, 3.8) is 0 Å². The van der Waals surface area contributed by atoms with Crippen molar-refractivity contribution in [2.24, 2.45) is 0 Å².